The maximum absolute atomic E-state index is 12.3. The minimum atomic E-state index is -0.286. The predicted molar refractivity (Wildman–Crippen MR) is 121 cm³/mol. The van der Waals surface area contributed by atoms with Gasteiger partial charge in [0, 0.05) is 30.5 Å². The van der Waals surface area contributed by atoms with Crippen molar-refractivity contribution < 1.29 is 9.53 Å². The molecule has 31 heavy (non-hydrogen) atoms. The van der Waals surface area contributed by atoms with Crippen LogP contribution in [0.15, 0.2) is 36.9 Å². The fraction of sp³-hybridized carbons (Fsp3) is 0.560. The molecule has 3 saturated carbocycles. The molecule has 3 aliphatic carbocycles. The number of nitrogens with one attached hydrogen (secondary N) is 2. The zero-order chi connectivity index (χ0) is 21.2. The molecule has 3 fully saturated rings. The second-order valence-electron chi connectivity index (χ2n) is 9.51. The lowest BCUT2D eigenvalue weighted by molar-refractivity contribution is 0.0230. The SMILES string of the molecule is CCOC(=O)c1ccc(NC2CC3CC4CCC2C(C4)C3)c(NCc2cncnc2)c1. The number of aromatic nitrogens is 2. The molecule has 164 valence electrons. The van der Waals surface area contributed by atoms with E-state index in [1.165, 1.54) is 44.9 Å². The van der Waals surface area contributed by atoms with Gasteiger partial charge in [0.1, 0.15) is 6.33 Å². The number of carbonyl (C=O) groups is 1. The van der Waals surface area contributed by atoms with E-state index in [-0.39, 0.29) is 5.97 Å². The minimum absolute atomic E-state index is 0.286. The van der Waals surface area contributed by atoms with Crippen molar-refractivity contribution in [1.29, 1.82) is 0 Å². The van der Waals surface area contributed by atoms with Crippen LogP contribution in [0, 0.1) is 23.7 Å². The Hall–Kier alpha value is -2.63. The first-order valence-corrected chi connectivity index (χ1v) is 11.7. The number of fused-ring (bicyclic) bond motifs is 2. The number of carbonyl (C=O) groups excluding carboxylic acids is 1. The highest BCUT2D eigenvalue weighted by molar-refractivity contribution is 5.92. The summed E-state index contributed by atoms with van der Waals surface area (Å²) in [5, 5.41) is 7.39. The average molecular weight is 421 g/mol. The van der Waals surface area contributed by atoms with Crippen LogP contribution < -0.4 is 10.6 Å². The highest BCUT2D eigenvalue weighted by Gasteiger charge is 2.45. The maximum atomic E-state index is 12.3. The summed E-state index contributed by atoms with van der Waals surface area (Å²) in [6.07, 6.45) is 13.5. The molecule has 1 heterocycles. The molecule has 2 N–H and O–H groups in total. The molecule has 6 heteroatoms. The van der Waals surface area contributed by atoms with Gasteiger partial charge in [-0.05, 0) is 80.9 Å². The molecule has 0 spiro atoms. The number of rotatable bonds is 7. The van der Waals surface area contributed by atoms with Crippen LogP contribution in [0.4, 0.5) is 11.4 Å². The Bertz CT molecular complexity index is 913. The van der Waals surface area contributed by atoms with E-state index >= 15 is 0 Å². The van der Waals surface area contributed by atoms with Gasteiger partial charge in [0.05, 0.1) is 23.5 Å². The van der Waals surface area contributed by atoms with Gasteiger partial charge in [-0.15, -0.1) is 0 Å². The third-order valence-corrected chi connectivity index (χ3v) is 7.53. The van der Waals surface area contributed by atoms with Crippen LogP contribution in [-0.2, 0) is 11.3 Å². The first kappa shape index (κ1) is 20.3. The third kappa shape index (κ3) is 4.39. The Morgan fingerprint density at radius 1 is 1.06 bits per heavy atom. The fourth-order valence-corrected chi connectivity index (χ4v) is 6.26. The van der Waals surface area contributed by atoms with E-state index in [1.54, 1.807) is 0 Å². The average Bonchev–Trinajstić information content (AvgIpc) is 2.78. The van der Waals surface area contributed by atoms with Crippen LogP contribution in [0.25, 0.3) is 0 Å². The summed E-state index contributed by atoms with van der Waals surface area (Å²) in [6.45, 7) is 2.80. The van der Waals surface area contributed by atoms with E-state index in [1.807, 2.05) is 37.5 Å². The Morgan fingerprint density at radius 2 is 1.90 bits per heavy atom. The molecule has 1 aromatic carbocycles. The summed E-state index contributed by atoms with van der Waals surface area (Å²) >= 11 is 0. The van der Waals surface area contributed by atoms with Crippen molar-refractivity contribution in [1.82, 2.24) is 9.97 Å². The second-order valence-corrected chi connectivity index (χ2v) is 9.51. The van der Waals surface area contributed by atoms with Crippen LogP contribution >= 0.6 is 0 Å². The van der Waals surface area contributed by atoms with Gasteiger partial charge in [0.2, 0.25) is 0 Å². The molecule has 0 aliphatic heterocycles. The van der Waals surface area contributed by atoms with Crippen molar-refractivity contribution in [3.63, 3.8) is 0 Å². The molecular formula is C25H32N4O2. The normalized spacial score (nSPS) is 28.7. The van der Waals surface area contributed by atoms with Gasteiger partial charge in [-0.2, -0.15) is 0 Å². The molecule has 5 atom stereocenters. The Morgan fingerprint density at radius 3 is 2.74 bits per heavy atom. The standard InChI is InChI=1S/C25H32N4O2/c1-2-31-25(30)19-4-6-22(24(11-19)28-14-18-12-26-15-27-13-18)29-23-10-17-7-16-3-5-21(23)20(8-16)9-17/h4,6,11-13,15-17,20-21,23,28-29H,2-3,5,7-10,14H2,1H3. The number of anilines is 2. The lowest BCUT2D eigenvalue weighted by Crippen LogP contribution is -2.47. The quantitative estimate of drug-likeness (QED) is 0.621. The molecule has 0 radical (unpaired) electrons. The number of benzene rings is 1. The molecule has 2 aromatic rings. The summed E-state index contributed by atoms with van der Waals surface area (Å²) in [6, 6.07) is 6.33. The number of ether oxygens (including phenoxy) is 1. The third-order valence-electron chi connectivity index (χ3n) is 7.53. The van der Waals surface area contributed by atoms with Gasteiger partial charge in [-0.25, -0.2) is 14.8 Å². The number of nitrogens with zero attached hydrogens (tertiary/aromatic N) is 2. The summed E-state index contributed by atoms with van der Waals surface area (Å²) in [4.78, 5) is 20.5. The molecule has 0 amide bonds. The number of hydrogen-bond acceptors (Lipinski definition) is 6. The molecule has 3 aliphatic rings. The van der Waals surface area contributed by atoms with Crippen molar-refractivity contribution in [3.8, 4) is 0 Å². The van der Waals surface area contributed by atoms with Gasteiger partial charge < -0.3 is 15.4 Å². The van der Waals surface area contributed by atoms with Crippen LogP contribution in [0.1, 0.15) is 61.4 Å². The monoisotopic (exact) mass is 420 g/mol. The van der Waals surface area contributed by atoms with Crippen LogP contribution in [0.5, 0.6) is 0 Å². The zero-order valence-corrected chi connectivity index (χ0v) is 18.2. The zero-order valence-electron chi connectivity index (χ0n) is 18.2. The molecular weight excluding hydrogens is 388 g/mol. The van der Waals surface area contributed by atoms with E-state index in [0.29, 0.717) is 24.8 Å². The number of hydrogen-bond donors (Lipinski definition) is 2. The predicted octanol–water partition coefficient (Wildman–Crippen LogP) is 4.89. The van der Waals surface area contributed by atoms with E-state index in [0.717, 1.165) is 40.6 Å². The van der Waals surface area contributed by atoms with E-state index in [4.69, 9.17) is 4.74 Å². The molecule has 6 nitrogen and oxygen atoms in total. The largest absolute Gasteiger partial charge is 0.462 e. The van der Waals surface area contributed by atoms with Crippen molar-refractivity contribution in [2.45, 2.75) is 58.0 Å². The Kier molecular flexibility index (Phi) is 5.79. The van der Waals surface area contributed by atoms with Gasteiger partial charge >= 0.3 is 5.97 Å². The van der Waals surface area contributed by atoms with Crippen molar-refractivity contribution in [2.75, 3.05) is 17.2 Å². The smallest absolute Gasteiger partial charge is 0.338 e. The minimum Gasteiger partial charge on any atom is -0.462 e. The first-order valence-electron chi connectivity index (χ1n) is 11.7. The molecule has 0 saturated heterocycles. The highest BCUT2D eigenvalue weighted by atomic mass is 16.5. The molecule has 1 aromatic heterocycles. The van der Waals surface area contributed by atoms with Crippen molar-refractivity contribution in [2.24, 2.45) is 23.7 Å². The van der Waals surface area contributed by atoms with Crippen molar-refractivity contribution in [3.05, 3.63) is 48.0 Å². The van der Waals surface area contributed by atoms with Gasteiger partial charge in [-0.1, -0.05) is 6.42 Å². The Labute approximate surface area is 184 Å². The topological polar surface area (TPSA) is 76.1 Å². The molecule has 3 bridgehead atoms. The Balaban J connectivity index is 1.38. The van der Waals surface area contributed by atoms with Gasteiger partial charge in [0.25, 0.3) is 0 Å². The van der Waals surface area contributed by atoms with E-state index in [2.05, 4.69) is 20.6 Å². The summed E-state index contributed by atoms with van der Waals surface area (Å²) in [7, 11) is 0. The second kappa shape index (κ2) is 8.85. The maximum Gasteiger partial charge on any atom is 0.338 e. The van der Waals surface area contributed by atoms with Crippen molar-refractivity contribution >= 4 is 17.3 Å². The van der Waals surface area contributed by atoms with E-state index < -0.39 is 0 Å². The lowest BCUT2D eigenvalue weighted by atomic mass is 9.56. The van der Waals surface area contributed by atoms with Crippen LogP contribution in [-0.4, -0.2) is 28.6 Å². The molecule has 5 rings (SSSR count). The van der Waals surface area contributed by atoms with E-state index in [9.17, 15) is 4.79 Å². The molecule has 5 unspecified atom stereocenters. The van der Waals surface area contributed by atoms with Gasteiger partial charge in [-0.3, -0.25) is 0 Å². The summed E-state index contributed by atoms with van der Waals surface area (Å²) in [5.41, 5.74) is 3.57. The summed E-state index contributed by atoms with van der Waals surface area (Å²) < 4.78 is 5.22. The fourth-order valence-electron chi connectivity index (χ4n) is 6.26. The highest BCUT2D eigenvalue weighted by Crippen LogP contribution is 2.53. The lowest BCUT2D eigenvalue weighted by Gasteiger charge is -2.52. The summed E-state index contributed by atoms with van der Waals surface area (Å²) in [5.74, 6) is 3.23. The van der Waals surface area contributed by atoms with Crippen LogP contribution in [0.2, 0.25) is 0 Å². The van der Waals surface area contributed by atoms with Crippen LogP contribution in [0.3, 0.4) is 0 Å². The first-order chi connectivity index (χ1) is 15.2. The number of esters is 1. The van der Waals surface area contributed by atoms with Gasteiger partial charge in [0.15, 0.2) is 0 Å².